The second-order valence-electron chi connectivity index (χ2n) is 7.19. The zero-order valence-electron chi connectivity index (χ0n) is 15.5. The van der Waals surface area contributed by atoms with E-state index in [-0.39, 0.29) is 5.41 Å². The van der Waals surface area contributed by atoms with Gasteiger partial charge in [-0.1, -0.05) is 6.07 Å². The van der Waals surface area contributed by atoms with Gasteiger partial charge >= 0.3 is 0 Å². The molecule has 0 spiro atoms. The Bertz CT molecular complexity index is 932. The first-order valence-corrected chi connectivity index (χ1v) is 10.4. The third-order valence-electron chi connectivity index (χ3n) is 5.49. The molecule has 2 aromatic heterocycles. The van der Waals surface area contributed by atoms with Gasteiger partial charge in [0, 0.05) is 37.1 Å². The number of nitrogens with one attached hydrogen (secondary N) is 1. The lowest BCUT2D eigenvalue weighted by Crippen LogP contribution is -2.42. The zero-order valence-corrected chi connectivity index (χ0v) is 16.3. The van der Waals surface area contributed by atoms with Crippen molar-refractivity contribution in [3.8, 4) is 22.3 Å². The predicted molar refractivity (Wildman–Crippen MR) is 106 cm³/mol. The van der Waals surface area contributed by atoms with E-state index in [0.29, 0.717) is 6.79 Å². The highest BCUT2D eigenvalue weighted by Crippen LogP contribution is 2.40. The summed E-state index contributed by atoms with van der Waals surface area (Å²) in [6.45, 7) is 3.44. The van der Waals surface area contributed by atoms with Gasteiger partial charge in [0.25, 0.3) is 0 Å². The lowest BCUT2D eigenvalue weighted by Gasteiger charge is -2.38. The quantitative estimate of drug-likeness (QED) is 0.678. The van der Waals surface area contributed by atoms with Crippen molar-refractivity contribution >= 4 is 11.3 Å². The smallest absolute Gasteiger partial charge is 0.231 e. The highest BCUT2D eigenvalue weighted by molar-refractivity contribution is 7.13. The summed E-state index contributed by atoms with van der Waals surface area (Å²) in [5, 5.41) is 6.62. The van der Waals surface area contributed by atoms with Crippen molar-refractivity contribution in [1.82, 2.24) is 10.3 Å². The second-order valence-corrected chi connectivity index (χ2v) is 8.04. The van der Waals surface area contributed by atoms with Gasteiger partial charge in [0.05, 0.1) is 12.0 Å². The zero-order chi connectivity index (χ0) is 18.8. The number of hydrogen-bond acceptors (Lipinski definition) is 7. The Morgan fingerprint density at radius 1 is 1.11 bits per heavy atom. The molecular formula is C21H22N2O4S. The summed E-state index contributed by atoms with van der Waals surface area (Å²) >= 11 is 1.61. The first-order valence-electron chi connectivity index (χ1n) is 9.49. The van der Waals surface area contributed by atoms with Gasteiger partial charge in [-0.3, -0.25) is 0 Å². The van der Waals surface area contributed by atoms with Crippen LogP contribution in [0.5, 0.6) is 11.5 Å². The lowest BCUT2D eigenvalue weighted by atomic mass is 9.74. The summed E-state index contributed by atoms with van der Waals surface area (Å²) in [5.74, 6) is 2.48. The van der Waals surface area contributed by atoms with Crippen LogP contribution in [0, 0.1) is 0 Å². The molecule has 0 amide bonds. The third kappa shape index (κ3) is 3.41. The fourth-order valence-electron chi connectivity index (χ4n) is 3.89. The van der Waals surface area contributed by atoms with Gasteiger partial charge in [-0.15, -0.1) is 11.3 Å². The molecule has 6 nitrogen and oxygen atoms in total. The standard InChI is InChI=1S/C21H22N2O4S/c1-2-18(25-7-1)20-23-16(12-28-20)11-22-13-21(5-8-24-9-6-21)15-3-4-17-19(10-15)27-14-26-17/h1-4,7,10,12,22H,5-6,8-9,11,13-14H2. The molecule has 3 aromatic rings. The number of thiazole rings is 1. The van der Waals surface area contributed by atoms with Gasteiger partial charge in [0.2, 0.25) is 6.79 Å². The van der Waals surface area contributed by atoms with Crippen LogP contribution in [0.15, 0.2) is 46.4 Å². The Morgan fingerprint density at radius 2 is 2.00 bits per heavy atom. The first-order chi connectivity index (χ1) is 13.8. The van der Waals surface area contributed by atoms with Gasteiger partial charge in [0.1, 0.15) is 0 Å². The number of furan rings is 1. The summed E-state index contributed by atoms with van der Waals surface area (Å²) in [7, 11) is 0. The molecule has 1 fully saturated rings. The summed E-state index contributed by atoms with van der Waals surface area (Å²) in [4.78, 5) is 4.68. The minimum absolute atomic E-state index is 0.0269. The molecule has 2 aliphatic rings. The van der Waals surface area contributed by atoms with Crippen molar-refractivity contribution in [1.29, 1.82) is 0 Å². The Balaban J connectivity index is 1.29. The van der Waals surface area contributed by atoms with Crippen molar-refractivity contribution in [2.24, 2.45) is 0 Å². The average molecular weight is 398 g/mol. The molecule has 2 aliphatic heterocycles. The molecule has 0 bridgehead atoms. The summed E-state index contributed by atoms with van der Waals surface area (Å²) in [5.41, 5.74) is 2.34. The van der Waals surface area contributed by atoms with Crippen molar-refractivity contribution in [2.45, 2.75) is 24.8 Å². The number of ether oxygens (including phenoxy) is 3. The molecule has 28 heavy (non-hydrogen) atoms. The predicted octanol–water partition coefficient (Wildman–Crippen LogP) is 3.97. The monoisotopic (exact) mass is 398 g/mol. The van der Waals surface area contributed by atoms with Crippen LogP contribution in [0.1, 0.15) is 24.1 Å². The van der Waals surface area contributed by atoms with Crippen LogP contribution in [0.4, 0.5) is 0 Å². The Labute approximate surface area is 167 Å². The lowest BCUT2D eigenvalue weighted by molar-refractivity contribution is 0.0497. The minimum atomic E-state index is 0.0269. The molecule has 4 heterocycles. The summed E-state index contributed by atoms with van der Waals surface area (Å²) in [6, 6.07) is 10.1. The molecule has 146 valence electrons. The fourth-order valence-corrected chi connectivity index (χ4v) is 4.67. The molecule has 1 saturated heterocycles. The molecule has 1 aromatic carbocycles. The molecule has 7 heteroatoms. The average Bonchev–Trinajstić information content (AvgIpc) is 3.49. The van der Waals surface area contributed by atoms with E-state index in [0.717, 1.165) is 67.1 Å². The van der Waals surface area contributed by atoms with E-state index in [9.17, 15) is 0 Å². The molecular weight excluding hydrogens is 376 g/mol. The van der Waals surface area contributed by atoms with Crippen molar-refractivity contribution in [3.63, 3.8) is 0 Å². The number of aromatic nitrogens is 1. The number of benzene rings is 1. The molecule has 0 saturated carbocycles. The van der Waals surface area contributed by atoms with Crippen LogP contribution < -0.4 is 14.8 Å². The van der Waals surface area contributed by atoms with Gasteiger partial charge < -0.3 is 23.9 Å². The summed E-state index contributed by atoms with van der Waals surface area (Å²) in [6.07, 6.45) is 3.64. The van der Waals surface area contributed by atoms with E-state index < -0.39 is 0 Å². The minimum Gasteiger partial charge on any atom is -0.462 e. The first kappa shape index (κ1) is 17.7. The van der Waals surface area contributed by atoms with E-state index in [1.807, 2.05) is 18.2 Å². The maximum Gasteiger partial charge on any atom is 0.231 e. The normalized spacial score (nSPS) is 17.7. The van der Waals surface area contributed by atoms with Crippen LogP contribution in [0.3, 0.4) is 0 Å². The molecule has 1 N–H and O–H groups in total. The third-order valence-corrected chi connectivity index (χ3v) is 6.39. The number of hydrogen-bond donors (Lipinski definition) is 1. The SMILES string of the molecule is c1coc(-c2nc(CNCC3(c4ccc5c(c4)OCO5)CCOCC3)cs2)c1. The Kier molecular flexibility index (Phi) is 4.80. The summed E-state index contributed by atoms with van der Waals surface area (Å²) < 4.78 is 22.1. The van der Waals surface area contributed by atoms with Gasteiger partial charge in [0.15, 0.2) is 22.3 Å². The number of fused-ring (bicyclic) bond motifs is 1. The van der Waals surface area contributed by atoms with E-state index in [4.69, 9.17) is 18.6 Å². The van der Waals surface area contributed by atoms with E-state index >= 15 is 0 Å². The van der Waals surface area contributed by atoms with Crippen LogP contribution in [-0.4, -0.2) is 31.5 Å². The van der Waals surface area contributed by atoms with E-state index in [2.05, 4.69) is 27.8 Å². The van der Waals surface area contributed by atoms with E-state index in [1.165, 1.54) is 5.56 Å². The topological polar surface area (TPSA) is 65.8 Å². The second kappa shape index (κ2) is 7.58. The molecule has 0 unspecified atom stereocenters. The maximum atomic E-state index is 5.64. The van der Waals surface area contributed by atoms with Crippen LogP contribution in [0.2, 0.25) is 0 Å². The maximum absolute atomic E-state index is 5.64. The molecule has 5 rings (SSSR count). The van der Waals surface area contributed by atoms with Crippen molar-refractivity contribution < 1.29 is 18.6 Å². The van der Waals surface area contributed by atoms with E-state index in [1.54, 1.807) is 17.6 Å². The van der Waals surface area contributed by atoms with Gasteiger partial charge in [-0.2, -0.15) is 0 Å². The van der Waals surface area contributed by atoms with Crippen molar-refractivity contribution in [3.05, 3.63) is 53.2 Å². The highest BCUT2D eigenvalue weighted by Gasteiger charge is 2.35. The Hall–Kier alpha value is -2.35. The van der Waals surface area contributed by atoms with Crippen LogP contribution in [-0.2, 0) is 16.7 Å². The van der Waals surface area contributed by atoms with Crippen LogP contribution in [0.25, 0.3) is 10.8 Å². The largest absolute Gasteiger partial charge is 0.462 e. The fraction of sp³-hybridized carbons (Fsp3) is 0.381. The highest BCUT2D eigenvalue weighted by atomic mass is 32.1. The number of nitrogens with zero attached hydrogens (tertiary/aromatic N) is 1. The molecule has 0 atom stereocenters. The van der Waals surface area contributed by atoms with Gasteiger partial charge in [-0.25, -0.2) is 4.98 Å². The number of rotatable bonds is 6. The Morgan fingerprint density at radius 3 is 2.86 bits per heavy atom. The van der Waals surface area contributed by atoms with Crippen molar-refractivity contribution in [2.75, 3.05) is 26.6 Å². The van der Waals surface area contributed by atoms with Crippen LogP contribution >= 0.6 is 11.3 Å². The molecule has 0 aliphatic carbocycles. The van der Waals surface area contributed by atoms with Gasteiger partial charge in [-0.05, 0) is 42.7 Å². The molecule has 0 radical (unpaired) electrons.